The first kappa shape index (κ1) is 12.6. The number of nitrogens with zero attached hydrogens (tertiary/aromatic N) is 2. The van der Waals surface area contributed by atoms with E-state index in [2.05, 4.69) is 35.7 Å². The van der Waals surface area contributed by atoms with Gasteiger partial charge in [-0.3, -0.25) is 0 Å². The molecule has 2 heterocycles. The number of rotatable bonds is 1. The third-order valence-corrected chi connectivity index (χ3v) is 5.91. The van der Waals surface area contributed by atoms with Gasteiger partial charge in [-0.15, -0.1) is 0 Å². The van der Waals surface area contributed by atoms with Crippen molar-refractivity contribution >= 4 is 28.9 Å². The van der Waals surface area contributed by atoms with Crippen LogP contribution in [0.25, 0.3) is 11.1 Å². The molecule has 1 aromatic heterocycles. The average Bonchev–Trinajstić information content (AvgIpc) is 2.89. The van der Waals surface area contributed by atoms with Gasteiger partial charge in [0.25, 0.3) is 6.01 Å². The molecule has 4 rings (SSSR count). The SMILES string of the molecule is Cc1ccc2oc(N3CCS[C@@H]4CCCC[C@H]43)nc2c1. The number of anilines is 1. The molecule has 1 saturated heterocycles. The highest BCUT2D eigenvalue weighted by atomic mass is 32.2. The van der Waals surface area contributed by atoms with E-state index < -0.39 is 0 Å². The van der Waals surface area contributed by atoms with Crippen molar-refractivity contribution in [1.82, 2.24) is 4.98 Å². The Morgan fingerprint density at radius 2 is 2.20 bits per heavy atom. The summed E-state index contributed by atoms with van der Waals surface area (Å²) in [5.74, 6) is 1.19. The molecule has 1 aromatic carbocycles. The molecular weight excluding hydrogens is 268 g/mol. The van der Waals surface area contributed by atoms with Gasteiger partial charge in [0.2, 0.25) is 0 Å². The molecule has 2 fully saturated rings. The predicted octanol–water partition coefficient (Wildman–Crippen LogP) is 4.00. The summed E-state index contributed by atoms with van der Waals surface area (Å²) in [6.45, 7) is 3.17. The van der Waals surface area contributed by atoms with Crippen LogP contribution in [0.2, 0.25) is 0 Å². The number of aryl methyl sites for hydroxylation is 1. The van der Waals surface area contributed by atoms with Crippen molar-refractivity contribution in [3.63, 3.8) is 0 Å². The van der Waals surface area contributed by atoms with Gasteiger partial charge in [-0.2, -0.15) is 16.7 Å². The van der Waals surface area contributed by atoms with Gasteiger partial charge in [0.15, 0.2) is 5.58 Å². The zero-order valence-corrected chi connectivity index (χ0v) is 12.7. The van der Waals surface area contributed by atoms with Crippen molar-refractivity contribution in [2.75, 3.05) is 17.2 Å². The molecule has 0 radical (unpaired) electrons. The van der Waals surface area contributed by atoms with Crippen molar-refractivity contribution in [2.24, 2.45) is 0 Å². The fraction of sp³-hybridized carbons (Fsp3) is 0.562. The Morgan fingerprint density at radius 1 is 1.30 bits per heavy atom. The summed E-state index contributed by atoms with van der Waals surface area (Å²) in [5.41, 5.74) is 3.14. The largest absolute Gasteiger partial charge is 0.423 e. The fourth-order valence-corrected chi connectivity index (χ4v) is 4.93. The lowest BCUT2D eigenvalue weighted by molar-refractivity contribution is 0.401. The van der Waals surface area contributed by atoms with Crippen LogP contribution in [0.3, 0.4) is 0 Å². The van der Waals surface area contributed by atoms with Crippen molar-refractivity contribution in [2.45, 2.75) is 43.9 Å². The molecule has 3 nitrogen and oxygen atoms in total. The minimum atomic E-state index is 0.622. The quantitative estimate of drug-likeness (QED) is 0.793. The maximum absolute atomic E-state index is 6.02. The Labute approximate surface area is 123 Å². The molecule has 1 saturated carbocycles. The maximum Gasteiger partial charge on any atom is 0.298 e. The van der Waals surface area contributed by atoms with Gasteiger partial charge in [0.05, 0.1) is 0 Å². The lowest BCUT2D eigenvalue weighted by Gasteiger charge is -2.42. The van der Waals surface area contributed by atoms with Gasteiger partial charge < -0.3 is 9.32 Å². The summed E-state index contributed by atoms with van der Waals surface area (Å²) in [4.78, 5) is 7.16. The second kappa shape index (κ2) is 4.99. The van der Waals surface area contributed by atoms with Crippen LogP contribution in [0.5, 0.6) is 0 Å². The molecule has 1 aliphatic carbocycles. The predicted molar refractivity (Wildman–Crippen MR) is 84.6 cm³/mol. The molecule has 20 heavy (non-hydrogen) atoms. The summed E-state index contributed by atoms with van der Waals surface area (Å²) < 4.78 is 6.02. The molecule has 4 heteroatoms. The molecule has 2 aromatic rings. The van der Waals surface area contributed by atoms with Gasteiger partial charge in [-0.05, 0) is 37.5 Å². The van der Waals surface area contributed by atoms with Crippen molar-refractivity contribution < 1.29 is 4.42 Å². The van der Waals surface area contributed by atoms with Gasteiger partial charge in [-0.25, -0.2) is 0 Å². The van der Waals surface area contributed by atoms with Crippen LogP contribution >= 0.6 is 11.8 Å². The fourth-order valence-electron chi connectivity index (χ4n) is 3.48. The monoisotopic (exact) mass is 288 g/mol. The Hall–Kier alpha value is -1.16. The highest BCUT2D eigenvalue weighted by molar-refractivity contribution is 8.00. The molecule has 0 unspecified atom stereocenters. The van der Waals surface area contributed by atoms with Gasteiger partial charge in [-0.1, -0.05) is 18.9 Å². The Morgan fingerprint density at radius 3 is 3.15 bits per heavy atom. The number of fused-ring (bicyclic) bond motifs is 2. The van der Waals surface area contributed by atoms with Crippen LogP contribution < -0.4 is 4.90 Å². The van der Waals surface area contributed by atoms with Crippen molar-refractivity contribution in [3.05, 3.63) is 23.8 Å². The molecule has 106 valence electrons. The minimum Gasteiger partial charge on any atom is -0.423 e. The van der Waals surface area contributed by atoms with E-state index in [4.69, 9.17) is 9.40 Å². The number of benzene rings is 1. The van der Waals surface area contributed by atoms with E-state index in [0.29, 0.717) is 6.04 Å². The van der Waals surface area contributed by atoms with Crippen molar-refractivity contribution in [3.8, 4) is 0 Å². The Balaban J connectivity index is 1.69. The first-order valence-corrected chi connectivity index (χ1v) is 8.61. The summed E-state index contributed by atoms with van der Waals surface area (Å²) >= 11 is 2.14. The Kier molecular flexibility index (Phi) is 3.14. The summed E-state index contributed by atoms with van der Waals surface area (Å²) in [6, 6.07) is 7.70. The van der Waals surface area contributed by atoms with Crippen LogP contribution in [0.1, 0.15) is 31.2 Å². The van der Waals surface area contributed by atoms with E-state index >= 15 is 0 Å². The second-order valence-corrected chi connectivity index (χ2v) is 7.27. The van der Waals surface area contributed by atoms with Gasteiger partial charge >= 0.3 is 0 Å². The molecule has 0 amide bonds. The molecule has 0 bridgehead atoms. The topological polar surface area (TPSA) is 29.3 Å². The number of aromatic nitrogens is 1. The molecular formula is C16H20N2OS. The lowest BCUT2D eigenvalue weighted by atomic mass is 9.93. The number of hydrogen-bond donors (Lipinski definition) is 0. The third-order valence-electron chi connectivity index (χ3n) is 4.51. The minimum absolute atomic E-state index is 0.622. The molecule has 1 aliphatic heterocycles. The molecule has 0 spiro atoms. The highest BCUT2D eigenvalue weighted by Gasteiger charge is 2.35. The van der Waals surface area contributed by atoms with E-state index in [0.717, 1.165) is 28.9 Å². The van der Waals surface area contributed by atoms with Crippen LogP contribution in [-0.4, -0.2) is 28.6 Å². The number of hydrogen-bond acceptors (Lipinski definition) is 4. The maximum atomic E-state index is 6.02. The van der Waals surface area contributed by atoms with Gasteiger partial charge in [0, 0.05) is 23.6 Å². The van der Waals surface area contributed by atoms with E-state index in [-0.39, 0.29) is 0 Å². The molecule has 2 atom stereocenters. The zero-order chi connectivity index (χ0) is 13.5. The first-order chi connectivity index (χ1) is 9.81. The second-order valence-electron chi connectivity index (χ2n) is 5.92. The normalized spacial score (nSPS) is 26.8. The summed E-state index contributed by atoms with van der Waals surface area (Å²) in [6.07, 6.45) is 5.37. The van der Waals surface area contributed by atoms with Gasteiger partial charge in [0.1, 0.15) is 5.52 Å². The summed E-state index contributed by atoms with van der Waals surface area (Å²) in [5, 5.41) is 0.772. The Bertz CT molecular complexity index is 622. The van der Waals surface area contributed by atoms with Crippen LogP contribution in [-0.2, 0) is 0 Å². The lowest BCUT2D eigenvalue weighted by Crippen LogP contribution is -2.49. The number of thioether (sulfide) groups is 1. The van der Waals surface area contributed by atoms with E-state index in [1.807, 2.05) is 6.07 Å². The highest BCUT2D eigenvalue weighted by Crippen LogP contribution is 2.38. The standard InChI is InChI=1S/C16H20N2OS/c1-11-6-7-14-12(10-11)17-16(19-14)18-8-9-20-15-5-3-2-4-13(15)18/h6-7,10,13,15H,2-5,8-9H2,1H3/t13-,15-/m1/s1. The van der Waals surface area contributed by atoms with Crippen molar-refractivity contribution in [1.29, 1.82) is 0 Å². The van der Waals surface area contributed by atoms with E-state index in [1.165, 1.54) is 37.0 Å². The van der Waals surface area contributed by atoms with Crippen LogP contribution in [0.15, 0.2) is 22.6 Å². The van der Waals surface area contributed by atoms with Crippen LogP contribution in [0.4, 0.5) is 6.01 Å². The van der Waals surface area contributed by atoms with E-state index in [9.17, 15) is 0 Å². The van der Waals surface area contributed by atoms with Crippen LogP contribution in [0, 0.1) is 6.92 Å². The van der Waals surface area contributed by atoms with E-state index in [1.54, 1.807) is 0 Å². The molecule has 0 N–H and O–H groups in total. The third kappa shape index (κ3) is 2.10. The first-order valence-electron chi connectivity index (χ1n) is 7.57. The zero-order valence-electron chi connectivity index (χ0n) is 11.8. The average molecular weight is 288 g/mol. The number of oxazole rings is 1. The molecule has 2 aliphatic rings. The smallest absolute Gasteiger partial charge is 0.298 e. The summed E-state index contributed by atoms with van der Waals surface area (Å²) in [7, 11) is 0.